The Labute approximate surface area is 651 Å². The molecular formula is C94H188O10. The molecule has 13 rings (SSSR count). The van der Waals surface area contributed by atoms with Crippen LogP contribution in [-0.2, 0) is 47.7 Å². The Morgan fingerprint density at radius 3 is 1.05 bits per heavy atom. The predicted octanol–water partition coefficient (Wildman–Crippen LogP) is 29.7. The molecule has 0 spiro atoms. The van der Waals surface area contributed by atoms with Gasteiger partial charge in [0.15, 0.2) is 0 Å². The Kier molecular flexibility index (Phi) is 48.2. The summed E-state index contributed by atoms with van der Waals surface area (Å²) in [4.78, 5) is 62.0. The number of rotatable bonds is 18. The Morgan fingerprint density at radius 1 is 0.346 bits per heavy atom. The second-order valence-electron chi connectivity index (χ2n) is 37.7. The summed E-state index contributed by atoms with van der Waals surface area (Å²) in [5.41, 5.74) is -1.16. The highest BCUT2D eigenvalue weighted by Gasteiger charge is 2.58. The van der Waals surface area contributed by atoms with Crippen LogP contribution in [0.5, 0.6) is 0 Å². The standard InChI is InChI=1S/C25H44O2.C17H30O2.C15H26O2.C14H24O2.C13H24O2.10CH4/c1-4-24(2,3)23(26)27-25(20-14-8-5-9-15-20,21-16-10-6-11-17-21)22-18-12-7-13-19-22;1-7-15(2,3)14(18)19-13-10-12-8-9-17(13,6)16(4,5)11-12;1-5-13(2,3)12(16)17-15-9-6-14(4,7-10-15)8-11-15;1-4-14(2,3)13(15)16-12-9-10-5-7-11(12)8-6-10;1-5-12(2,3)11(14)15-13(4)9-7-6-8-10-13;;;;;;;;;;/h20-22H,4-19H2,1-3H3;12-13H,7-11H2,1-6H3;5-11H2,1-4H3;10-12H,4-9H2,1-3H3;5-10H2,1-4H3;10*1H4. The van der Waals surface area contributed by atoms with E-state index < -0.39 is 0 Å². The lowest BCUT2D eigenvalue weighted by atomic mass is 9.48. The SMILES string of the molecule is C.C.C.C.C.C.C.C.C.C.CCC(C)(C)C(=O)OC(C1CCCCC1)(C1CCCCC1)C1CCCCC1.CCC(C)(C)C(=O)OC1(C)CCCCC1.CCC(C)(C)C(=O)OC12CCC(C)(CC1)CC2.CCC(C)(C)C(=O)OC1CC2CCC1(C)C(C)(C)C2.CCC(C)(C)C(=O)OC1CC2CCC1CC2. The van der Waals surface area contributed by atoms with Crippen molar-refractivity contribution in [3.05, 3.63) is 0 Å². The van der Waals surface area contributed by atoms with E-state index in [4.69, 9.17) is 23.7 Å². The highest BCUT2D eigenvalue weighted by atomic mass is 16.6. The van der Waals surface area contributed by atoms with Crippen LogP contribution >= 0.6 is 0 Å². The van der Waals surface area contributed by atoms with Crippen molar-refractivity contribution in [2.24, 2.45) is 78.8 Å². The van der Waals surface area contributed by atoms with Crippen LogP contribution in [0.1, 0.15) is 470 Å². The van der Waals surface area contributed by atoms with Crippen LogP contribution in [0.3, 0.4) is 0 Å². The predicted molar refractivity (Wildman–Crippen MR) is 452 cm³/mol. The first-order valence-electron chi connectivity index (χ1n) is 40.0. The van der Waals surface area contributed by atoms with E-state index in [2.05, 4.69) is 69.2 Å². The molecule has 10 heteroatoms. The van der Waals surface area contributed by atoms with E-state index in [1.54, 1.807) is 0 Å². The fourth-order valence-electron chi connectivity index (χ4n) is 18.0. The molecule has 13 aliphatic carbocycles. The second kappa shape index (κ2) is 45.6. The van der Waals surface area contributed by atoms with Crippen molar-refractivity contribution >= 4 is 29.8 Å². The van der Waals surface area contributed by atoms with Gasteiger partial charge >= 0.3 is 29.8 Å². The fourth-order valence-corrected chi connectivity index (χ4v) is 18.0. The third-order valence-corrected chi connectivity index (χ3v) is 28.5. The van der Waals surface area contributed by atoms with Gasteiger partial charge in [0, 0.05) is 5.41 Å². The molecular weight excluding hydrogens is 1290 g/mol. The molecule has 4 unspecified atom stereocenters. The van der Waals surface area contributed by atoms with Gasteiger partial charge in [-0.1, -0.05) is 201 Å². The summed E-state index contributed by atoms with van der Waals surface area (Å²) in [5, 5.41) is 0. The minimum absolute atomic E-state index is 0. The summed E-state index contributed by atoms with van der Waals surface area (Å²) < 4.78 is 30.2. The lowest BCUT2D eigenvalue weighted by molar-refractivity contribution is -0.208. The van der Waals surface area contributed by atoms with Gasteiger partial charge in [0.1, 0.15) is 29.0 Å². The average Bonchev–Trinajstić information content (AvgIpc) is 0.740. The van der Waals surface area contributed by atoms with Gasteiger partial charge in [-0.05, 0) is 315 Å². The smallest absolute Gasteiger partial charge is 0.312 e. The zero-order chi connectivity index (χ0) is 69.8. The molecule has 13 fully saturated rings. The van der Waals surface area contributed by atoms with E-state index in [0.717, 1.165) is 88.9 Å². The van der Waals surface area contributed by atoms with Gasteiger partial charge in [-0.25, -0.2) is 0 Å². The number of hydrogen-bond acceptors (Lipinski definition) is 10. The number of esters is 5. The van der Waals surface area contributed by atoms with Gasteiger partial charge in [0.2, 0.25) is 0 Å². The van der Waals surface area contributed by atoms with Gasteiger partial charge in [0.05, 0.1) is 27.1 Å². The van der Waals surface area contributed by atoms with Crippen molar-refractivity contribution in [2.75, 3.05) is 0 Å². The molecule has 104 heavy (non-hydrogen) atoms. The highest BCUT2D eigenvalue weighted by molar-refractivity contribution is 5.78. The Balaban J connectivity index is -0.000000390. The molecule has 10 nitrogen and oxygen atoms in total. The summed E-state index contributed by atoms with van der Waals surface area (Å²) in [7, 11) is 0. The van der Waals surface area contributed by atoms with E-state index in [9.17, 15) is 24.0 Å². The summed E-state index contributed by atoms with van der Waals surface area (Å²) in [6.45, 7) is 41.8. The largest absolute Gasteiger partial charge is 0.462 e. The summed E-state index contributed by atoms with van der Waals surface area (Å²) in [6.07, 6.45) is 48.3. The maximum absolute atomic E-state index is 13.4. The summed E-state index contributed by atoms with van der Waals surface area (Å²) >= 11 is 0. The van der Waals surface area contributed by atoms with Crippen molar-refractivity contribution in [3.8, 4) is 0 Å². The highest BCUT2D eigenvalue weighted by Crippen LogP contribution is 2.62. The Morgan fingerprint density at radius 2 is 0.692 bits per heavy atom. The Hall–Kier alpha value is -2.65. The van der Waals surface area contributed by atoms with Gasteiger partial charge < -0.3 is 23.7 Å². The zero-order valence-corrected chi connectivity index (χ0v) is 65.0. The number of fused-ring (bicyclic) bond motifs is 9. The first kappa shape index (κ1) is 110. The maximum Gasteiger partial charge on any atom is 0.312 e. The van der Waals surface area contributed by atoms with Gasteiger partial charge in [-0.2, -0.15) is 0 Å². The van der Waals surface area contributed by atoms with E-state index in [1.165, 1.54) is 180 Å². The second-order valence-corrected chi connectivity index (χ2v) is 37.7. The molecule has 4 atom stereocenters. The molecule has 13 saturated carbocycles. The monoisotopic (exact) mass is 1480 g/mol. The lowest BCUT2D eigenvalue weighted by Gasteiger charge is -2.59. The van der Waals surface area contributed by atoms with E-state index in [-0.39, 0.29) is 171 Å². The minimum Gasteiger partial charge on any atom is -0.462 e. The molecule has 0 amide bonds. The number of carbonyl (C=O) groups excluding carboxylic acids is 5. The van der Waals surface area contributed by atoms with E-state index >= 15 is 0 Å². The van der Waals surface area contributed by atoms with E-state index in [1.807, 2.05) is 69.2 Å². The minimum atomic E-state index is -0.358. The van der Waals surface area contributed by atoms with Crippen LogP contribution in [-0.4, -0.2) is 58.9 Å². The molecule has 0 aromatic rings. The van der Waals surface area contributed by atoms with Crippen LogP contribution in [0.15, 0.2) is 0 Å². The number of hydrogen-bond donors (Lipinski definition) is 0. The van der Waals surface area contributed by atoms with E-state index in [0.29, 0.717) is 29.1 Å². The molecule has 0 saturated heterocycles. The van der Waals surface area contributed by atoms with Crippen LogP contribution in [0.2, 0.25) is 0 Å². The van der Waals surface area contributed by atoms with Gasteiger partial charge in [-0.15, -0.1) is 0 Å². The summed E-state index contributed by atoms with van der Waals surface area (Å²) in [5.74, 6) is 4.11. The molecule has 0 aliphatic heterocycles. The number of carbonyl (C=O) groups is 5. The molecule has 13 aliphatic rings. The van der Waals surface area contributed by atoms with Gasteiger partial charge in [0.25, 0.3) is 0 Å². The van der Waals surface area contributed by atoms with Gasteiger partial charge in [-0.3, -0.25) is 24.0 Å². The Bertz CT molecular complexity index is 2320. The summed E-state index contributed by atoms with van der Waals surface area (Å²) in [6, 6.07) is 0. The van der Waals surface area contributed by atoms with Crippen LogP contribution in [0.4, 0.5) is 0 Å². The normalized spacial score (nSPS) is 27.5. The molecule has 624 valence electrons. The van der Waals surface area contributed by atoms with Crippen LogP contribution in [0.25, 0.3) is 0 Å². The molecule has 6 bridgehead atoms. The van der Waals surface area contributed by atoms with Crippen molar-refractivity contribution in [3.63, 3.8) is 0 Å². The first-order valence-corrected chi connectivity index (χ1v) is 40.0. The quantitative estimate of drug-likeness (QED) is 0.0965. The molecule has 0 aromatic carbocycles. The molecule has 0 N–H and O–H groups in total. The number of ether oxygens (including phenoxy) is 5. The molecule has 0 radical (unpaired) electrons. The third-order valence-electron chi connectivity index (χ3n) is 28.5. The van der Waals surface area contributed by atoms with Crippen LogP contribution < -0.4 is 0 Å². The lowest BCUT2D eigenvalue weighted by Crippen LogP contribution is -2.57. The van der Waals surface area contributed by atoms with Crippen molar-refractivity contribution in [2.45, 2.75) is 499 Å². The van der Waals surface area contributed by atoms with Crippen LogP contribution in [0, 0.1) is 78.8 Å². The zero-order valence-electron chi connectivity index (χ0n) is 65.0. The average molecular weight is 1480 g/mol. The first-order chi connectivity index (χ1) is 43.9. The molecule has 0 heterocycles. The third kappa shape index (κ3) is 27.7. The fraction of sp³-hybridized carbons (Fsp3) is 0.947. The van der Waals surface area contributed by atoms with Crippen molar-refractivity contribution < 1.29 is 47.7 Å². The van der Waals surface area contributed by atoms with Crippen molar-refractivity contribution in [1.29, 1.82) is 0 Å². The molecule has 0 aromatic heterocycles. The maximum atomic E-state index is 13.4. The van der Waals surface area contributed by atoms with Crippen molar-refractivity contribution in [1.82, 2.24) is 0 Å². The topological polar surface area (TPSA) is 132 Å².